The highest BCUT2D eigenvalue weighted by Crippen LogP contribution is 2.28. The van der Waals surface area contributed by atoms with Crippen molar-refractivity contribution in [2.24, 2.45) is 0 Å². The monoisotopic (exact) mass is 309 g/mol. The number of hydrogen-bond donors (Lipinski definition) is 2. The summed E-state index contributed by atoms with van der Waals surface area (Å²) in [6, 6.07) is 12.3. The number of anilines is 2. The number of nitrogen functional groups attached to an aromatic ring is 2. The van der Waals surface area contributed by atoms with Gasteiger partial charge in [-0.25, -0.2) is 15.0 Å². The van der Waals surface area contributed by atoms with E-state index in [1.54, 1.807) is 31.4 Å². The molecular formula is C16H15N5O2. The Bertz CT molecular complexity index is 838. The van der Waals surface area contributed by atoms with Crippen LogP contribution in [0.3, 0.4) is 0 Å². The van der Waals surface area contributed by atoms with E-state index in [0.29, 0.717) is 40.3 Å². The summed E-state index contributed by atoms with van der Waals surface area (Å²) < 4.78 is 10.9. The number of rotatable bonds is 4. The third kappa shape index (κ3) is 3.29. The first-order chi connectivity index (χ1) is 11.2. The molecule has 0 saturated heterocycles. The minimum Gasteiger partial charge on any atom is -0.497 e. The summed E-state index contributed by atoms with van der Waals surface area (Å²) in [6.45, 7) is 0. The lowest BCUT2D eigenvalue weighted by molar-refractivity contribution is 0.407. The largest absolute Gasteiger partial charge is 0.497 e. The molecule has 3 aromatic rings. The van der Waals surface area contributed by atoms with Gasteiger partial charge in [0.2, 0.25) is 5.88 Å². The van der Waals surface area contributed by atoms with E-state index < -0.39 is 0 Å². The van der Waals surface area contributed by atoms with Crippen molar-refractivity contribution in [3.63, 3.8) is 0 Å². The molecule has 0 saturated carbocycles. The molecule has 0 fully saturated rings. The first-order valence-corrected chi connectivity index (χ1v) is 6.82. The van der Waals surface area contributed by atoms with Crippen LogP contribution in [0.15, 0.2) is 48.8 Å². The second-order valence-corrected chi connectivity index (χ2v) is 4.69. The Morgan fingerprint density at radius 2 is 1.78 bits per heavy atom. The maximum Gasteiger partial charge on any atom is 0.222 e. The second kappa shape index (κ2) is 6.18. The molecule has 0 amide bonds. The maximum absolute atomic E-state index is 5.89. The molecule has 4 N–H and O–H groups in total. The number of aromatic nitrogens is 3. The van der Waals surface area contributed by atoms with Crippen molar-refractivity contribution >= 4 is 11.6 Å². The van der Waals surface area contributed by atoms with E-state index in [0.717, 1.165) is 0 Å². The summed E-state index contributed by atoms with van der Waals surface area (Å²) in [5.74, 6) is 2.35. The molecule has 116 valence electrons. The van der Waals surface area contributed by atoms with Crippen LogP contribution in [0, 0.1) is 0 Å². The molecule has 0 aliphatic carbocycles. The van der Waals surface area contributed by atoms with Crippen LogP contribution < -0.4 is 20.9 Å². The Morgan fingerprint density at radius 3 is 2.57 bits per heavy atom. The molecule has 0 aliphatic heterocycles. The van der Waals surface area contributed by atoms with Gasteiger partial charge in [0.25, 0.3) is 0 Å². The normalized spacial score (nSPS) is 10.3. The predicted molar refractivity (Wildman–Crippen MR) is 87.2 cm³/mol. The Hall–Kier alpha value is -3.35. The minimum atomic E-state index is 0.302. The zero-order chi connectivity index (χ0) is 16.2. The zero-order valence-corrected chi connectivity index (χ0v) is 12.4. The average molecular weight is 309 g/mol. The van der Waals surface area contributed by atoms with Gasteiger partial charge in [-0.15, -0.1) is 0 Å². The number of hydrogen-bond acceptors (Lipinski definition) is 7. The van der Waals surface area contributed by atoms with Gasteiger partial charge in [-0.3, -0.25) is 0 Å². The highest BCUT2D eigenvalue weighted by molar-refractivity contribution is 5.72. The van der Waals surface area contributed by atoms with E-state index in [-0.39, 0.29) is 0 Å². The summed E-state index contributed by atoms with van der Waals surface area (Å²) in [7, 11) is 1.60. The number of methoxy groups -OCH3 is 1. The molecule has 1 aromatic carbocycles. The van der Waals surface area contributed by atoms with Crippen LogP contribution in [-0.2, 0) is 0 Å². The molecule has 7 heteroatoms. The molecule has 0 atom stereocenters. The van der Waals surface area contributed by atoms with Crippen LogP contribution in [-0.4, -0.2) is 22.1 Å². The summed E-state index contributed by atoms with van der Waals surface area (Å²) in [4.78, 5) is 12.3. The Morgan fingerprint density at radius 1 is 0.957 bits per heavy atom. The minimum absolute atomic E-state index is 0.302. The third-order valence-corrected chi connectivity index (χ3v) is 3.13. The smallest absolute Gasteiger partial charge is 0.222 e. The van der Waals surface area contributed by atoms with E-state index in [9.17, 15) is 0 Å². The molecule has 0 aliphatic rings. The van der Waals surface area contributed by atoms with Crippen LogP contribution in [0.1, 0.15) is 0 Å². The van der Waals surface area contributed by atoms with Crippen molar-refractivity contribution in [2.45, 2.75) is 0 Å². The van der Waals surface area contributed by atoms with Gasteiger partial charge in [0.1, 0.15) is 29.5 Å². The van der Waals surface area contributed by atoms with Crippen molar-refractivity contribution in [3.8, 4) is 28.6 Å². The van der Waals surface area contributed by atoms with E-state index >= 15 is 0 Å². The summed E-state index contributed by atoms with van der Waals surface area (Å²) in [5, 5.41) is 0. The molecule has 0 unspecified atom stereocenters. The van der Waals surface area contributed by atoms with Crippen LogP contribution in [0.2, 0.25) is 0 Å². The summed E-state index contributed by atoms with van der Waals surface area (Å²) >= 11 is 0. The fourth-order valence-corrected chi connectivity index (χ4v) is 2.04. The van der Waals surface area contributed by atoms with Gasteiger partial charge in [0, 0.05) is 17.7 Å². The molecule has 2 aromatic heterocycles. The number of pyridine rings is 1. The third-order valence-electron chi connectivity index (χ3n) is 3.13. The number of benzene rings is 1. The highest BCUT2D eigenvalue weighted by atomic mass is 16.5. The fourth-order valence-electron chi connectivity index (χ4n) is 2.04. The summed E-state index contributed by atoms with van der Waals surface area (Å²) in [5.41, 5.74) is 12.8. The van der Waals surface area contributed by atoms with Gasteiger partial charge in [-0.2, -0.15) is 0 Å². The van der Waals surface area contributed by atoms with Crippen molar-refractivity contribution in [3.05, 3.63) is 48.8 Å². The number of nitrogens with two attached hydrogens (primary N) is 2. The quantitative estimate of drug-likeness (QED) is 0.762. The van der Waals surface area contributed by atoms with E-state index in [2.05, 4.69) is 15.0 Å². The molecule has 7 nitrogen and oxygen atoms in total. The fraction of sp³-hybridized carbons (Fsp3) is 0.0625. The predicted octanol–water partition coefficient (Wildman–Crippen LogP) is 2.50. The number of ether oxygens (including phenoxy) is 2. The standard InChI is InChI=1S/C16H15N5O2/c1-22-10-3-2-4-11(7-10)23-15-8-13(19-9-20-15)12-5-6-14(17)21-16(12)18/h2-9H,1H3,(H4,17,18,21). The van der Waals surface area contributed by atoms with Crippen molar-refractivity contribution in [1.82, 2.24) is 15.0 Å². The van der Waals surface area contributed by atoms with Crippen molar-refractivity contribution in [2.75, 3.05) is 18.6 Å². The van der Waals surface area contributed by atoms with E-state index in [1.165, 1.54) is 6.33 Å². The summed E-state index contributed by atoms with van der Waals surface area (Å²) in [6.07, 6.45) is 1.40. The van der Waals surface area contributed by atoms with Gasteiger partial charge in [0.15, 0.2) is 0 Å². The van der Waals surface area contributed by atoms with Gasteiger partial charge in [0.05, 0.1) is 12.8 Å². The Labute approximate surface area is 132 Å². The molecule has 0 spiro atoms. The van der Waals surface area contributed by atoms with Gasteiger partial charge < -0.3 is 20.9 Å². The maximum atomic E-state index is 5.89. The molecule has 23 heavy (non-hydrogen) atoms. The first-order valence-electron chi connectivity index (χ1n) is 6.82. The van der Waals surface area contributed by atoms with Crippen LogP contribution in [0.5, 0.6) is 17.4 Å². The van der Waals surface area contributed by atoms with Crippen molar-refractivity contribution in [1.29, 1.82) is 0 Å². The lowest BCUT2D eigenvalue weighted by Gasteiger charge is -2.08. The SMILES string of the molecule is COc1cccc(Oc2cc(-c3ccc(N)nc3N)ncn2)c1. The second-order valence-electron chi connectivity index (χ2n) is 4.69. The topological polar surface area (TPSA) is 109 Å². The molecule has 0 radical (unpaired) electrons. The highest BCUT2D eigenvalue weighted by Gasteiger charge is 2.09. The van der Waals surface area contributed by atoms with Crippen LogP contribution >= 0.6 is 0 Å². The lowest BCUT2D eigenvalue weighted by Crippen LogP contribution is -1.99. The Balaban J connectivity index is 1.90. The van der Waals surface area contributed by atoms with E-state index in [1.807, 2.05) is 18.2 Å². The molecular weight excluding hydrogens is 294 g/mol. The van der Waals surface area contributed by atoms with E-state index in [4.69, 9.17) is 20.9 Å². The molecule has 0 bridgehead atoms. The van der Waals surface area contributed by atoms with Crippen molar-refractivity contribution < 1.29 is 9.47 Å². The Kier molecular flexibility index (Phi) is 3.92. The molecule has 3 rings (SSSR count). The van der Waals surface area contributed by atoms with Crippen LogP contribution in [0.25, 0.3) is 11.3 Å². The first kappa shape index (κ1) is 14.6. The van der Waals surface area contributed by atoms with Crippen LogP contribution in [0.4, 0.5) is 11.6 Å². The number of nitrogens with zero attached hydrogens (tertiary/aromatic N) is 3. The van der Waals surface area contributed by atoms with Gasteiger partial charge >= 0.3 is 0 Å². The van der Waals surface area contributed by atoms with Gasteiger partial charge in [-0.05, 0) is 24.3 Å². The lowest BCUT2D eigenvalue weighted by atomic mass is 10.2. The van der Waals surface area contributed by atoms with Gasteiger partial charge in [-0.1, -0.05) is 6.07 Å². The zero-order valence-electron chi connectivity index (χ0n) is 12.4. The molecule has 2 heterocycles. The average Bonchev–Trinajstić information content (AvgIpc) is 2.55.